The zero-order valence-electron chi connectivity index (χ0n) is 77.0. The van der Waals surface area contributed by atoms with Crippen LogP contribution in [0.5, 0.6) is 0 Å². The summed E-state index contributed by atoms with van der Waals surface area (Å²) in [5, 5.41) is 1.54. The normalized spacial score (nSPS) is 15.2. The summed E-state index contributed by atoms with van der Waals surface area (Å²) in [5.41, 5.74) is -3.32. The lowest BCUT2D eigenvalue weighted by Gasteiger charge is -2.54. The van der Waals surface area contributed by atoms with Crippen molar-refractivity contribution in [2.24, 2.45) is 0 Å². The predicted octanol–water partition coefficient (Wildman–Crippen LogP) is 29.2. The molecule has 0 radical (unpaired) electrons. The number of benzene rings is 14. The molecule has 4 aliphatic heterocycles. The molecule has 4 bridgehead atoms. The highest BCUT2D eigenvalue weighted by atomic mass is 35.5. The Morgan fingerprint density at radius 3 is 0.726 bits per heavy atom. The molecule has 146 heavy (non-hydrogen) atoms. The van der Waals surface area contributed by atoms with Crippen molar-refractivity contribution in [3.05, 3.63) is 408 Å². The molecule has 0 spiro atoms. The third-order valence-corrected chi connectivity index (χ3v) is 38.3. The van der Waals surface area contributed by atoms with Crippen molar-refractivity contribution in [3.63, 3.8) is 0 Å². The van der Waals surface area contributed by atoms with E-state index in [1.165, 1.54) is 121 Å². The van der Waals surface area contributed by atoms with E-state index >= 15 is 0 Å². The molecule has 0 N–H and O–H groups in total. The van der Waals surface area contributed by atoms with E-state index in [2.05, 4.69) is 147 Å². The van der Waals surface area contributed by atoms with Gasteiger partial charge in [0.2, 0.25) is 17.5 Å². The van der Waals surface area contributed by atoms with Crippen molar-refractivity contribution in [1.29, 1.82) is 0 Å². The van der Waals surface area contributed by atoms with Gasteiger partial charge in [0.05, 0.1) is 58.2 Å². The van der Waals surface area contributed by atoms with Crippen molar-refractivity contribution in [2.75, 3.05) is 38.9 Å². The van der Waals surface area contributed by atoms with Crippen LogP contribution in [0.3, 0.4) is 0 Å². The molecule has 4 fully saturated rings. The van der Waals surface area contributed by atoms with Gasteiger partial charge in [-0.05, 0) is 238 Å². The number of alkyl halides is 12. The van der Waals surface area contributed by atoms with E-state index in [1.807, 2.05) is 36.4 Å². The molecule has 4 aliphatic rings. The Hall–Kier alpha value is -9.69. The summed E-state index contributed by atoms with van der Waals surface area (Å²) in [6.45, 7) is 20.5. The summed E-state index contributed by atoms with van der Waals surface area (Å²) in [5.74, 6) is -45.8. The van der Waals surface area contributed by atoms with Crippen molar-refractivity contribution < 1.29 is 132 Å². The first kappa shape index (κ1) is 115. The van der Waals surface area contributed by atoms with Crippen molar-refractivity contribution >= 4 is 151 Å². The van der Waals surface area contributed by atoms with Crippen LogP contribution >= 0.6 is 82.3 Å². The average Bonchev–Trinajstić information content (AvgIpc) is 0.718. The maximum absolute atomic E-state index is 14.4. The number of hydrogen-bond acceptors (Lipinski definition) is 3. The summed E-state index contributed by atoms with van der Waals surface area (Å²) in [7, 11) is -9.19. The van der Waals surface area contributed by atoms with Gasteiger partial charge in [-0.1, -0.05) is 232 Å². The monoisotopic (exact) mass is 2230 g/mol. The maximum atomic E-state index is 14.4. The number of nitrogens with zero attached hydrogens (tertiary/aromatic N) is 3. The highest BCUT2D eigenvalue weighted by Crippen LogP contribution is 2.60. The van der Waals surface area contributed by atoms with Gasteiger partial charge >= 0.3 is 24.7 Å². The Labute approximate surface area is 841 Å². The van der Waals surface area contributed by atoms with Gasteiger partial charge in [0.25, 0.3) is 0 Å². The van der Waals surface area contributed by atoms with E-state index < -0.39 is 187 Å². The van der Waals surface area contributed by atoms with E-state index in [1.54, 1.807) is 36.4 Å². The van der Waals surface area contributed by atoms with Crippen molar-refractivity contribution in [1.82, 2.24) is 14.7 Å². The highest BCUT2D eigenvalue weighted by Gasteiger charge is 2.46. The lowest BCUT2D eigenvalue weighted by molar-refractivity contribution is -0.143. The van der Waals surface area contributed by atoms with Gasteiger partial charge in [-0.15, -0.1) is 0 Å². The molecule has 0 unspecified atom stereocenters. The van der Waals surface area contributed by atoms with Gasteiger partial charge in [0.15, 0.2) is 69.8 Å². The van der Waals surface area contributed by atoms with Gasteiger partial charge in [0.1, 0.15) is 17.5 Å². The van der Waals surface area contributed by atoms with Gasteiger partial charge in [-0.25, -0.2) is 79.0 Å². The van der Waals surface area contributed by atoms with Crippen LogP contribution in [0.4, 0.5) is 132 Å². The minimum absolute atomic E-state index is 0.0379. The third kappa shape index (κ3) is 27.7. The Morgan fingerprint density at radius 1 is 0.247 bits per heavy atom. The first-order valence-corrected chi connectivity index (χ1v) is 52.7. The fourth-order valence-corrected chi connectivity index (χ4v) is 32.8. The molecule has 14 aromatic carbocycles. The molecule has 4 saturated heterocycles. The Bertz CT molecular complexity index is 6210. The van der Waals surface area contributed by atoms with E-state index in [4.69, 9.17) is 34.8 Å². The minimum Gasteiger partial charge on any atom is -0.273 e. The van der Waals surface area contributed by atoms with E-state index in [-0.39, 0.29) is 53.2 Å². The standard InChI is InChI=1S/C24H15F12P.C20H27P.C18H12Cl3P.C18F15P.C18H12F3P.C6H12N3P/c1-12-3-14(21(25,26)27)8-18(5-12)37(19-6-13(2)4-15(9-19)22(28,29)30)20-10-16(23(31,32)33)7-17(11-20)24(34,35)36;1-19(2,3)21(20(4,5)6)18-15-11-10-14-17(18)16-12-8-7-9-13-16;19-13-1-7-16(8-2-13)22(17-9-3-14(20)4-10-17)18-11-5-15(21)6-12-18;19-1-4(22)10(28)16(11(29)5(1)23)34(17-12(30)6(24)2(20)7(25)13(17)31)18-14(32)8(26)3(21)9(27)15(18)33;19-13-1-7-16(8-2-13)22(17-9-3-14(20)4-10-17)18-11-5-15(21)6-12-18;1-7-2-9-3-8(1)5-10(4-7)6-9/h3-11H,1-2H3;7-15H,1-6H3;1-12H;;1-12H;1-6H2. The van der Waals surface area contributed by atoms with E-state index in [9.17, 15) is 132 Å². The lowest BCUT2D eigenvalue weighted by Crippen LogP contribution is -2.62. The Morgan fingerprint density at radius 2 is 0.473 bits per heavy atom. The second-order valence-corrected chi connectivity index (χ2v) is 50.9. The quantitative estimate of drug-likeness (QED) is 0.0465. The van der Waals surface area contributed by atoms with Crippen molar-refractivity contribution in [3.8, 4) is 11.1 Å². The molecule has 4 heterocycles. The largest absolute Gasteiger partial charge is 0.416 e. The lowest BCUT2D eigenvalue weighted by atomic mass is 10.1. The summed E-state index contributed by atoms with van der Waals surface area (Å²) >= 11 is 18.1. The molecule has 770 valence electrons. The van der Waals surface area contributed by atoms with Crippen LogP contribution < -0.4 is 69.0 Å². The molecule has 0 atom stereocenters. The third-order valence-electron chi connectivity index (χ3n) is 21.8. The Kier molecular flexibility index (Phi) is 37.2. The van der Waals surface area contributed by atoms with Crippen molar-refractivity contribution in [2.45, 2.75) is 90.4 Å². The molecule has 0 aliphatic carbocycles. The van der Waals surface area contributed by atoms with Crippen LogP contribution in [0.1, 0.15) is 74.9 Å². The van der Waals surface area contributed by atoms with Gasteiger partial charge < -0.3 is 0 Å². The van der Waals surface area contributed by atoms with Gasteiger partial charge in [-0.3, -0.25) is 14.7 Å². The van der Waals surface area contributed by atoms with E-state index in [0.717, 1.165) is 43.1 Å². The fraction of sp³-hybridized carbons (Fsp3) is 0.192. The SMILES string of the molecule is C1N2CN3CN1CP(C2)C3.CC(C)(C)P(c1ccccc1-c1ccccc1)C(C)(C)C.Cc1cc(P(c2cc(C)cc(C(F)(F)F)c2)c2cc(C(F)(F)F)cc(C(F)(F)F)c2)cc(C(F)(F)F)c1.Clc1ccc(P(c2ccc(Cl)cc2)c2ccc(Cl)cc2)cc1.Fc1c(F)c(F)c(P(c2c(F)c(F)c(F)c(F)c2F)c2c(F)c(F)c(F)c(F)c2F)c(F)c1F.Fc1ccc(P(c2ccc(F)cc2)c2ccc(F)cc2)cc1. The predicted molar refractivity (Wildman–Crippen MR) is 524 cm³/mol. The van der Waals surface area contributed by atoms with Gasteiger partial charge in [0, 0.05) is 41.8 Å². The summed E-state index contributed by atoms with van der Waals surface area (Å²) < 4.78 is 410. The second kappa shape index (κ2) is 47.2. The number of hydrogen-bond donors (Lipinski definition) is 0. The number of rotatable bonds is 14. The molecule has 0 aromatic heterocycles. The summed E-state index contributed by atoms with van der Waals surface area (Å²) in [4.78, 5) is 7.71. The Balaban J connectivity index is 0.000000161. The maximum Gasteiger partial charge on any atom is 0.416 e. The molecular weight excluding hydrogens is 2150 g/mol. The van der Waals surface area contributed by atoms with E-state index in [0.29, 0.717) is 54.6 Å². The topological polar surface area (TPSA) is 9.72 Å². The first-order valence-electron chi connectivity index (χ1n) is 43.0. The number of halogens is 33. The molecule has 0 saturated carbocycles. The van der Waals surface area contributed by atoms with Crippen LogP contribution in [-0.4, -0.2) is 63.9 Å². The van der Waals surface area contributed by atoms with Crippen LogP contribution in [0.2, 0.25) is 15.1 Å². The zero-order valence-corrected chi connectivity index (χ0v) is 84.6. The minimum atomic E-state index is -5.27. The zero-order chi connectivity index (χ0) is 107. The van der Waals surface area contributed by atoms with Gasteiger partial charge in [-0.2, -0.15) is 52.7 Å². The second-order valence-electron chi connectivity index (χ2n) is 34.9. The summed E-state index contributed by atoms with van der Waals surface area (Å²) in [6, 6.07) is 67.7. The van der Waals surface area contributed by atoms with Crippen LogP contribution in [0.25, 0.3) is 11.1 Å². The average molecular weight is 2230 g/mol. The molecule has 3 nitrogen and oxygen atoms in total. The summed E-state index contributed by atoms with van der Waals surface area (Å²) in [6.07, 6.45) is -16.2. The number of aryl methyl sites for hydroxylation is 2. The highest BCUT2D eigenvalue weighted by molar-refractivity contribution is 7.81. The molecule has 0 amide bonds. The first-order chi connectivity index (χ1) is 68.2. The smallest absolute Gasteiger partial charge is 0.273 e. The molecule has 18 rings (SSSR count). The van der Waals surface area contributed by atoms with Crippen LogP contribution in [0, 0.1) is 119 Å². The van der Waals surface area contributed by atoms with Crippen LogP contribution in [0.15, 0.2) is 255 Å². The molecular formula is C104H78Cl3F30N3P6. The van der Waals surface area contributed by atoms with Crippen LogP contribution in [-0.2, 0) is 24.7 Å². The molecule has 42 heteroatoms. The fourth-order valence-electron chi connectivity index (χ4n) is 16.3. The molecule has 14 aromatic rings.